The van der Waals surface area contributed by atoms with E-state index in [2.05, 4.69) is 0 Å². The van der Waals surface area contributed by atoms with Crippen LogP contribution in [0.1, 0.15) is 20.8 Å². The SMILES string of the molecule is CCOC(C)/C(C)=C\C(=O)O. The van der Waals surface area contributed by atoms with Crippen molar-refractivity contribution in [3.8, 4) is 0 Å². The number of hydrogen-bond acceptors (Lipinski definition) is 2. The van der Waals surface area contributed by atoms with Crippen LogP contribution in [0.15, 0.2) is 11.6 Å². The first-order chi connectivity index (χ1) is 5.07. The molecule has 0 rings (SSSR count). The molecule has 11 heavy (non-hydrogen) atoms. The molecule has 0 amide bonds. The Morgan fingerprint density at radius 2 is 2.27 bits per heavy atom. The average Bonchev–Trinajstić information content (AvgIpc) is 1.86. The highest BCUT2D eigenvalue weighted by Crippen LogP contribution is 2.04. The van der Waals surface area contributed by atoms with Crippen molar-refractivity contribution < 1.29 is 14.6 Å². The molecule has 0 aliphatic carbocycles. The molecule has 0 radical (unpaired) electrons. The summed E-state index contributed by atoms with van der Waals surface area (Å²) >= 11 is 0. The van der Waals surface area contributed by atoms with Gasteiger partial charge in [0.15, 0.2) is 0 Å². The lowest BCUT2D eigenvalue weighted by Gasteiger charge is -2.10. The predicted molar refractivity (Wildman–Crippen MR) is 42.5 cm³/mol. The van der Waals surface area contributed by atoms with E-state index in [1.54, 1.807) is 6.92 Å². The highest BCUT2D eigenvalue weighted by atomic mass is 16.5. The Labute approximate surface area is 66.7 Å². The van der Waals surface area contributed by atoms with Crippen LogP contribution < -0.4 is 0 Å². The van der Waals surface area contributed by atoms with Gasteiger partial charge in [0.1, 0.15) is 0 Å². The van der Waals surface area contributed by atoms with Crippen molar-refractivity contribution in [2.45, 2.75) is 26.9 Å². The Morgan fingerprint density at radius 1 is 1.73 bits per heavy atom. The third-order valence-corrected chi connectivity index (χ3v) is 1.41. The van der Waals surface area contributed by atoms with E-state index in [0.29, 0.717) is 6.61 Å². The lowest BCUT2D eigenvalue weighted by molar-refractivity contribution is -0.131. The summed E-state index contributed by atoms with van der Waals surface area (Å²) in [4.78, 5) is 10.2. The highest BCUT2D eigenvalue weighted by molar-refractivity contribution is 5.80. The minimum absolute atomic E-state index is 0.101. The highest BCUT2D eigenvalue weighted by Gasteiger charge is 2.03. The van der Waals surface area contributed by atoms with Gasteiger partial charge < -0.3 is 9.84 Å². The maximum absolute atomic E-state index is 10.2. The fraction of sp³-hybridized carbons (Fsp3) is 0.625. The molecule has 0 spiro atoms. The van der Waals surface area contributed by atoms with Crippen LogP contribution in [0.25, 0.3) is 0 Å². The lowest BCUT2D eigenvalue weighted by atomic mass is 10.2. The molecule has 0 aromatic carbocycles. The maximum Gasteiger partial charge on any atom is 0.328 e. The third-order valence-electron chi connectivity index (χ3n) is 1.41. The second kappa shape index (κ2) is 4.91. The van der Waals surface area contributed by atoms with Crippen molar-refractivity contribution in [3.05, 3.63) is 11.6 Å². The summed E-state index contributed by atoms with van der Waals surface area (Å²) in [7, 11) is 0. The predicted octanol–water partition coefficient (Wildman–Crippen LogP) is 1.44. The molecule has 0 aliphatic rings. The zero-order chi connectivity index (χ0) is 8.85. The van der Waals surface area contributed by atoms with E-state index in [-0.39, 0.29) is 6.10 Å². The van der Waals surface area contributed by atoms with Gasteiger partial charge in [0.05, 0.1) is 6.10 Å². The van der Waals surface area contributed by atoms with Crippen LogP contribution in [0, 0.1) is 0 Å². The van der Waals surface area contributed by atoms with Crippen molar-refractivity contribution in [3.63, 3.8) is 0 Å². The van der Waals surface area contributed by atoms with Gasteiger partial charge >= 0.3 is 5.97 Å². The van der Waals surface area contributed by atoms with E-state index in [1.807, 2.05) is 13.8 Å². The van der Waals surface area contributed by atoms with Gasteiger partial charge in [-0.25, -0.2) is 4.79 Å². The molecule has 0 bridgehead atoms. The van der Waals surface area contributed by atoms with Crippen LogP contribution in [-0.4, -0.2) is 23.8 Å². The minimum atomic E-state index is -0.922. The number of carboxylic acids is 1. The van der Waals surface area contributed by atoms with Gasteiger partial charge in [-0.15, -0.1) is 0 Å². The topological polar surface area (TPSA) is 46.5 Å². The van der Waals surface area contributed by atoms with E-state index < -0.39 is 5.97 Å². The summed E-state index contributed by atoms with van der Waals surface area (Å²) < 4.78 is 5.17. The summed E-state index contributed by atoms with van der Waals surface area (Å²) in [5.41, 5.74) is 0.736. The van der Waals surface area contributed by atoms with Crippen LogP contribution in [-0.2, 0) is 9.53 Å². The number of aliphatic carboxylic acids is 1. The summed E-state index contributed by atoms with van der Waals surface area (Å²) in [5.74, 6) is -0.922. The van der Waals surface area contributed by atoms with Crippen molar-refractivity contribution in [2.24, 2.45) is 0 Å². The zero-order valence-electron chi connectivity index (χ0n) is 7.13. The van der Waals surface area contributed by atoms with Gasteiger partial charge in [0, 0.05) is 12.7 Å². The van der Waals surface area contributed by atoms with E-state index in [0.717, 1.165) is 5.57 Å². The Hall–Kier alpha value is -0.830. The number of carbonyl (C=O) groups is 1. The molecular weight excluding hydrogens is 144 g/mol. The van der Waals surface area contributed by atoms with Gasteiger partial charge in [0.25, 0.3) is 0 Å². The van der Waals surface area contributed by atoms with Crippen LogP contribution >= 0.6 is 0 Å². The Bertz CT molecular complexity index is 161. The third kappa shape index (κ3) is 4.56. The Balaban J connectivity index is 4.00. The van der Waals surface area contributed by atoms with Crippen LogP contribution in [0.2, 0.25) is 0 Å². The molecule has 0 saturated carbocycles. The number of ether oxygens (including phenoxy) is 1. The van der Waals surface area contributed by atoms with Crippen LogP contribution in [0.3, 0.4) is 0 Å². The first-order valence-corrected chi connectivity index (χ1v) is 3.60. The van der Waals surface area contributed by atoms with Crippen LogP contribution in [0.4, 0.5) is 0 Å². The zero-order valence-corrected chi connectivity index (χ0v) is 7.13. The summed E-state index contributed by atoms with van der Waals surface area (Å²) in [6, 6.07) is 0. The minimum Gasteiger partial charge on any atom is -0.478 e. The largest absolute Gasteiger partial charge is 0.478 e. The fourth-order valence-electron chi connectivity index (χ4n) is 0.694. The van der Waals surface area contributed by atoms with Crippen molar-refractivity contribution in [1.29, 1.82) is 0 Å². The van der Waals surface area contributed by atoms with E-state index in [1.165, 1.54) is 6.08 Å². The average molecular weight is 158 g/mol. The summed E-state index contributed by atoms with van der Waals surface area (Å²) in [6.45, 7) is 6.06. The quantitative estimate of drug-likeness (QED) is 0.630. The molecule has 0 saturated heterocycles. The number of rotatable bonds is 4. The van der Waals surface area contributed by atoms with Crippen molar-refractivity contribution in [1.82, 2.24) is 0 Å². The molecular formula is C8H14O3. The van der Waals surface area contributed by atoms with Gasteiger partial charge in [-0.2, -0.15) is 0 Å². The summed E-state index contributed by atoms with van der Waals surface area (Å²) in [6.07, 6.45) is 1.07. The molecule has 0 aromatic heterocycles. The van der Waals surface area contributed by atoms with Crippen molar-refractivity contribution in [2.75, 3.05) is 6.61 Å². The van der Waals surface area contributed by atoms with E-state index >= 15 is 0 Å². The molecule has 0 aromatic rings. The smallest absolute Gasteiger partial charge is 0.328 e. The monoisotopic (exact) mass is 158 g/mol. The molecule has 1 unspecified atom stereocenters. The standard InChI is InChI=1S/C8H14O3/c1-4-11-7(3)6(2)5-8(9)10/h5,7H,4H2,1-3H3,(H,9,10)/b6-5-. The molecule has 1 atom stereocenters. The molecule has 3 heteroatoms. The second-order valence-corrected chi connectivity index (χ2v) is 2.32. The molecule has 1 N–H and O–H groups in total. The Kier molecular flexibility index (Phi) is 4.54. The number of hydrogen-bond donors (Lipinski definition) is 1. The van der Waals surface area contributed by atoms with Gasteiger partial charge in [-0.1, -0.05) is 0 Å². The molecule has 3 nitrogen and oxygen atoms in total. The molecule has 0 aliphatic heterocycles. The van der Waals surface area contributed by atoms with Gasteiger partial charge in [-0.05, 0) is 26.3 Å². The first kappa shape index (κ1) is 10.2. The fourth-order valence-corrected chi connectivity index (χ4v) is 0.694. The normalized spacial score (nSPS) is 14.6. The Morgan fingerprint density at radius 3 is 2.64 bits per heavy atom. The van der Waals surface area contributed by atoms with Crippen molar-refractivity contribution >= 4 is 5.97 Å². The molecule has 0 heterocycles. The second-order valence-electron chi connectivity index (χ2n) is 2.32. The van der Waals surface area contributed by atoms with Gasteiger partial charge in [0.2, 0.25) is 0 Å². The summed E-state index contributed by atoms with van der Waals surface area (Å²) in [5, 5.41) is 8.37. The van der Waals surface area contributed by atoms with Crippen LogP contribution in [0.5, 0.6) is 0 Å². The lowest BCUT2D eigenvalue weighted by Crippen LogP contribution is -2.10. The number of carboxylic acid groups (broad SMARTS) is 1. The molecule has 0 fully saturated rings. The first-order valence-electron chi connectivity index (χ1n) is 3.60. The maximum atomic E-state index is 10.2. The van der Waals surface area contributed by atoms with E-state index in [9.17, 15) is 4.79 Å². The van der Waals surface area contributed by atoms with Gasteiger partial charge in [-0.3, -0.25) is 0 Å². The molecule has 64 valence electrons. The van der Waals surface area contributed by atoms with E-state index in [4.69, 9.17) is 9.84 Å².